The van der Waals surface area contributed by atoms with Gasteiger partial charge in [-0.25, -0.2) is 0 Å². The zero-order chi connectivity index (χ0) is 56.8. The molecule has 410 valence electrons. The predicted octanol–water partition coefficient (Wildman–Crippen LogP) is 18.2. The van der Waals surface area contributed by atoms with Crippen LogP contribution in [0.3, 0.4) is 0 Å². The third-order valence-electron chi connectivity index (χ3n) is 21.6. The monoisotopic (exact) mass is 1060 g/mol. The quantitative estimate of drug-likeness (QED) is 0.163. The van der Waals surface area contributed by atoms with Crippen LogP contribution >= 0.6 is 0 Å². The molecule has 0 radical (unpaired) electrons. The van der Waals surface area contributed by atoms with Crippen LogP contribution in [-0.4, -0.2) is 12.3 Å². The van der Waals surface area contributed by atoms with Crippen molar-refractivity contribution < 1.29 is 0 Å². The molecule has 2 aliphatic carbocycles. The number of nitrogens with zero attached hydrogens (tertiary/aromatic N) is 3. The summed E-state index contributed by atoms with van der Waals surface area (Å²) in [6, 6.07) is 65.9. The Morgan fingerprint density at radius 2 is 1.01 bits per heavy atom. The van der Waals surface area contributed by atoms with E-state index in [-0.39, 0.29) is 44.7 Å². The molecule has 0 N–H and O–H groups in total. The summed E-state index contributed by atoms with van der Waals surface area (Å²) in [7, 11) is 0. The third kappa shape index (κ3) is 7.13. The molecule has 4 heteroatoms. The Kier molecular flexibility index (Phi) is 11.1. The van der Waals surface area contributed by atoms with Crippen molar-refractivity contribution in [2.75, 3.05) is 14.7 Å². The SMILES string of the molecule is CC(C)(C)c1ccc(N2c3cc(C(C)(C)C)ccc3B3c4cc(C(C)(C)C)cc5c4N(c4cc(N6c7ccc(C(C)(C)C)cc7C7(c8ccccc8)CCCCC67C)cc2c43)C2(C)c3ccccc3CCC52C)c(-c2ccccc2)c1. The Hall–Kier alpha value is -6.78. The van der Waals surface area contributed by atoms with Gasteiger partial charge in [0.05, 0.1) is 16.8 Å². The van der Waals surface area contributed by atoms with Gasteiger partial charge >= 0.3 is 0 Å². The van der Waals surface area contributed by atoms with Crippen LogP contribution in [0.5, 0.6) is 0 Å². The minimum atomic E-state index is -0.398. The van der Waals surface area contributed by atoms with Gasteiger partial charge in [0.2, 0.25) is 0 Å². The highest BCUT2D eigenvalue weighted by Gasteiger charge is 2.65. The number of rotatable bonds is 4. The van der Waals surface area contributed by atoms with Crippen molar-refractivity contribution in [1.29, 1.82) is 0 Å². The molecule has 8 aromatic rings. The van der Waals surface area contributed by atoms with Crippen molar-refractivity contribution in [3.8, 4) is 11.1 Å². The van der Waals surface area contributed by atoms with E-state index in [1.807, 2.05) is 0 Å². The molecule has 6 aliphatic rings. The van der Waals surface area contributed by atoms with Crippen molar-refractivity contribution in [2.45, 2.75) is 186 Å². The summed E-state index contributed by atoms with van der Waals surface area (Å²) in [5.74, 6) is 0. The van der Waals surface area contributed by atoms with Gasteiger partial charge in [0.15, 0.2) is 0 Å². The van der Waals surface area contributed by atoms with Crippen LogP contribution in [0.4, 0.5) is 39.8 Å². The molecular weight excluding hydrogens is 978 g/mol. The fourth-order valence-corrected chi connectivity index (χ4v) is 16.9. The van der Waals surface area contributed by atoms with Gasteiger partial charge in [-0.05, 0) is 170 Å². The lowest BCUT2D eigenvalue weighted by atomic mass is 9.33. The molecule has 0 aromatic heterocycles. The Labute approximate surface area is 485 Å². The summed E-state index contributed by atoms with van der Waals surface area (Å²) in [6.45, 7) is 36.6. The maximum Gasteiger partial charge on any atom is 0.252 e. The van der Waals surface area contributed by atoms with Crippen molar-refractivity contribution in [3.63, 3.8) is 0 Å². The first-order valence-electron chi connectivity index (χ1n) is 30.7. The second kappa shape index (κ2) is 17.2. The minimum Gasteiger partial charge on any atom is -0.334 e. The molecule has 81 heavy (non-hydrogen) atoms. The Morgan fingerprint density at radius 1 is 0.432 bits per heavy atom. The van der Waals surface area contributed by atoms with Gasteiger partial charge in [-0.1, -0.05) is 230 Å². The highest BCUT2D eigenvalue weighted by molar-refractivity contribution is 7.00. The number of benzene rings is 8. The van der Waals surface area contributed by atoms with Crippen LogP contribution in [0.25, 0.3) is 11.1 Å². The molecule has 3 nitrogen and oxygen atoms in total. The number of fused-ring (bicyclic) bond motifs is 12. The van der Waals surface area contributed by atoms with Crippen LogP contribution < -0.4 is 31.1 Å². The summed E-state index contributed by atoms with van der Waals surface area (Å²) in [5.41, 5.74) is 27.5. The van der Waals surface area contributed by atoms with Gasteiger partial charge in [0.1, 0.15) is 0 Å². The maximum absolute atomic E-state index is 2.95. The summed E-state index contributed by atoms with van der Waals surface area (Å²) >= 11 is 0. The van der Waals surface area contributed by atoms with E-state index in [1.54, 1.807) is 0 Å². The van der Waals surface area contributed by atoms with Crippen LogP contribution in [0, 0.1) is 0 Å². The second-order valence-electron chi connectivity index (χ2n) is 30.2. The van der Waals surface area contributed by atoms with E-state index in [1.165, 1.54) is 130 Å². The van der Waals surface area contributed by atoms with Crippen LogP contribution in [0.1, 0.15) is 186 Å². The van der Waals surface area contributed by atoms with Gasteiger partial charge < -0.3 is 14.7 Å². The van der Waals surface area contributed by atoms with Gasteiger partial charge in [-0.2, -0.15) is 0 Å². The Balaban J connectivity index is 1.17. The average Bonchev–Trinajstić information content (AvgIpc) is 1.90. The van der Waals surface area contributed by atoms with Crippen molar-refractivity contribution in [1.82, 2.24) is 0 Å². The summed E-state index contributed by atoms with van der Waals surface area (Å²) in [6.07, 6.45) is 6.71. The lowest BCUT2D eigenvalue weighted by molar-refractivity contribution is 0.215. The van der Waals surface area contributed by atoms with E-state index in [0.717, 1.165) is 25.7 Å². The van der Waals surface area contributed by atoms with Crippen molar-refractivity contribution in [2.24, 2.45) is 0 Å². The highest BCUT2D eigenvalue weighted by Crippen LogP contribution is 2.68. The molecule has 0 spiro atoms. The standard InChI is InChI=1S/C77H84BN3/c1-70(2,3)52-33-36-63(57(42-52)49-26-18-16-19-27-49)79-65-46-54(72(7,8)9)32-35-61(65)78-62-45-55(73(10,11)12)44-60-69(62)81(76(15)58-31-23-22-28-50(58)38-41-74(60,76)13)67-48-56(47-66(79)68(67)78)80-64-37-34-53(71(4,5)6)43-59(64)77(51-29-20-17-21-30-51)40-25-24-39-75(77,80)14/h16-23,26-37,42-48H,24-25,38-41H2,1-15H3. The van der Waals surface area contributed by atoms with E-state index in [0.29, 0.717) is 0 Å². The van der Waals surface area contributed by atoms with E-state index in [4.69, 9.17) is 0 Å². The van der Waals surface area contributed by atoms with Crippen LogP contribution in [0.15, 0.2) is 164 Å². The molecule has 0 bridgehead atoms. The molecule has 14 rings (SSSR count). The molecule has 1 saturated carbocycles. The molecule has 8 aromatic carbocycles. The largest absolute Gasteiger partial charge is 0.334 e. The number of aryl methyl sites for hydroxylation is 1. The van der Waals surface area contributed by atoms with E-state index >= 15 is 0 Å². The lowest BCUT2D eigenvalue weighted by Crippen LogP contribution is -2.64. The fourth-order valence-electron chi connectivity index (χ4n) is 16.9. The van der Waals surface area contributed by atoms with Gasteiger partial charge in [-0.3, -0.25) is 0 Å². The van der Waals surface area contributed by atoms with E-state index < -0.39 is 5.54 Å². The third-order valence-corrected chi connectivity index (χ3v) is 21.6. The van der Waals surface area contributed by atoms with Crippen LogP contribution in [0.2, 0.25) is 0 Å². The topological polar surface area (TPSA) is 9.72 Å². The van der Waals surface area contributed by atoms with Gasteiger partial charge in [-0.15, -0.1) is 0 Å². The molecule has 4 heterocycles. The van der Waals surface area contributed by atoms with E-state index in [9.17, 15) is 0 Å². The fraction of sp³-hybridized carbons (Fsp3) is 0.377. The molecule has 1 fully saturated rings. The van der Waals surface area contributed by atoms with Gasteiger partial charge in [0, 0.05) is 50.5 Å². The first-order valence-corrected chi connectivity index (χ1v) is 30.7. The van der Waals surface area contributed by atoms with E-state index in [2.05, 4.69) is 282 Å². The zero-order valence-corrected chi connectivity index (χ0v) is 51.3. The molecule has 4 unspecified atom stereocenters. The van der Waals surface area contributed by atoms with Crippen molar-refractivity contribution in [3.05, 3.63) is 214 Å². The maximum atomic E-state index is 2.95. The number of hydrogen-bond donors (Lipinski definition) is 0. The minimum absolute atomic E-state index is 0.0119. The lowest BCUT2D eigenvalue weighted by Gasteiger charge is -2.54. The normalized spacial score (nSPS) is 23.3. The number of anilines is 7. The zero-order valence-electron chi connectivity index (χ0n) is 51.3. The van der Waals surface area contributed by atoms with Crippen LogP contribution in [-0.2, 0) is 44.4 Å². The predicted molar refractivity (Wildman–Crippen MR) is 347 cm³/mol. The Bertz CT molecular complexity index is 3900. The Morgan fingerprint density at radius 3 is 1.70 bits per heavy atom. The first kappa shape index (κ1) is 52.3. The number of hydrogen-bond acceptors (Lipinski definition) is 3. The molecule has 0 amide bonds. The summed E-state index contributed by atoms with van der Waals surface area (Å²) in [4.78, 5) is 8.61. The summed E-state index contributed by atoms with van der Waals surface area (Å²) in [5, 5.41) is 0. The molecular formula is C77H84BN3. The molecule has 4 atom stereocenters. The molecule has 0 saturated heterocycles. The van der Waals surface area contributed by atoms with Gasteiger partial charge in [0.25, 0.3) is 6.71 Å². The highest BCUT2D eigenvalue weighted by atomic mass is 15.3. The summed E-state index contributed by atoms with van der Waals surface area (Å²) < 4.78 is 0. The molecule has 4 aliphatic heterocycles. The average molecular weight is 1060 g/mol. The second-order valence-corrected chi connectivity index (χ2v) is 30.2. The first-order chi connectivity index (χ1) is 38.3. The van der Waals surface area contributed by atoms with Crippen molar-refractivity contribution >= 4 is 62.9 Å². The smallest absolute Gasteiger partial charge is 0.252 e.